The number of hydrogen-bond donors (Lipinski definition) is 3. The van der Waals surface area contributed by atoms with E-state index in [9.17, 15) is 4.79 Å². The third-order valence-corrected chi connectivity index (χ3v) is 3.01. The molecule has 5 nitrogen and oxygen atoms in total. The number of carbonyl (C=O) groups excluding carboxylic acids is 1. The van der Waals surface area contributed by atoms with Crippen molar-refractivity contribution in [3.05, 3.63) is 12.2 Å². The van der Waals surface area contributed by atoms with Crippen molar-refractivity contribution in [3.8, 4) is 0 Å². The fourth-order valence-corrected chi connectivity index (χ4v) is 1.83. The predicted octanol–water partition coefficient (Wildman–Crippen LogP) is 0.582. The minimum atomic E-state index is -3.86. The molecule has 0 fully saturated rings. The maximum Gasteiger partial charge on any atom is 0.492 e. The van der Waals surface area contributed by atoms with Gasteiger partial charge in [0.2, 0.25) is 0 Å². The molecule has 0 aromatic carbocycles. The topological polar surface area (TPSA) is 87.0 Å². The Kier molecular flexibility index (Phi) is 7.23. The molecular weight excluding hydrogens is 228 g/mol. The average molecular weight is 248 g/mol. The first-order chi connectivity index (χ1) is 7.33. The molecule has 0 aromatic rings. The summed E-state index contributed by atoms with van der Waals surface area (Å²) in [6, 6.07) is 0.0680. The molecule has 0 aliphatic rings. The Balaban J connectivity index is 3.29. The van der Waals surface area contributed by atoms with Crippen LogP contribution < -0.4 is 0 Å². The smallest absolute Gasteiger partial charge is 0.462 e. The molecule has 0 rings (SSSR count). The molecule has 0 unspecified atom stereocenters. The highest BCUT2D eigenvalue weighted by Crippen LogP contribution is 2.08. The van der Waals surface area contributed by atoms with Crippen molar-refractivity contribution in [2.24, 2.45) is 0 Å². The van der Waals surface area contributed by atoms with Crippen LogP contribution in [0.15, 0.2) is 12.2 Å². The zero-order valence-corrected chi connectivity index (χ0v) is 10.6. The zero-order chi connectivity index (χ0) is 12.6. The van der Waals surface area contributed by atoms with Crippen molar-refractivity contribution in [1.82, 2.24) is 0 Å². The van der Waals surface area contributed by atoms with Crippen LogP contribution in [0.5, 0.6) is 0 Å². The molecule has 0 spiro atoms. The van der Waals surface area contributed by atoms with E-state index in [0.717, 1.165) is 19.3 Å². The van der Waals surface area contributed by atoms with Crippen LogP contribution in [0.2, 0.25) is 6.04 Å². The lowest BCUT2D eigenvalue weighted by Gasteiger charge is -2.08. The summed E-state index contributed by atoms with van der Waals surface area (Å²) in [4.78, 5) is 37.1. The van der Waals surface area contributed by atoms with Crippen LogP contribution in [0.25, 0.3) is 0 Å². The molecule has 0 aromatic heterocycles. The molecule has 0 aliphatic carbocycles. The molecule has 0 saturated carbocycles. The van der Waals surface area contributed by atoms with Gasteiger partial charge in [-0.25, -0.2) is 4.79 Å². The average Bonchev–Trinajstić information content (AvgIpc) is 2.14. The summed E-state index contributed by atoms with van der Waals surface area (Å²) in [6.45, 7) is 5.40. The van der Waals surface area contributed by atoms with Gasteiger partial charge in [0.25, 0.3) is 0 Å². The van der Waals surface area contributed by atoms with Crippen LogP contribution in [0.3, 0.4) is 0 Å². The van der Waals surface area contributed by atoms with Crippen LogP contribution in [-0.4, -0.2) is 35.8 Å². The lowest BCUT2D eigenvalue weighted by atomic mass is 10.2. The SMILES string of the molecule is C=C(C)C(=O)OCCCCCC[Si](O)(O)O. The second kappa shape index (κ2) is 7.56. The summed E-state index contributed by atoms with van der Waals surface area (Å²) in [5.74, 6) is -0.382. The minimum Gasteiger partial charge on any atom is -0.462 e. The predicted molar refractivity (Wildman–Crippen MR) is 61.5 cm³/mol. The Morgan fingerprint density at radius 1 is 1.19 bits per heavy atom. The summed E-state index contributed by atoms with van der Waals surface area (Å²) in [7, 11) is -3.86. The number of esters is 1. The Hall–Kier alpha value is -0.693. The van der Waals surface area contributed by atoms with E-state index >= 15 is 0 Å². The Morgan fingerprint density at radius 2 is 1.75 bits per heavy atom. The van der Waals surface area contributed by atoms with E-state index in [-0.39, 0.29) is 12.0 Å². The molecule has 0 radical (unpaired) electrons. The molecule has 6 heteroatoms. The number of unbranched alkanes of at least 4 members (excludes halogenated alkanes) is 3. The standard InChI is InChI=1S/C10H20O5Si/c1-9(2)10(11)15-7-5-3-4-6-8-16(12,13)14/h12-14H,1,3-8H2,2H3. The fraction of sp³-hybridized carbons (Fsp3) is 0.700. The first-order valence-corrected chi connectivity index (χ1v) is 7.37. The molecular formula is C10H20O5Si. The molecule has 0 heterocycles. The van der Waals surface area contributed by atoms with E-state index in [2.05, 4.69) is 6.58 Å². The fourth-order valence-electron chi connectivity index (χ4n) is 1.11. The van der Waals surface area contributed by atoms with Gasteiger partial charge in [-0.2, -0.15) is 0 Å². The van der Waals surface area contributed by atoms with E-state index in [1.54, 1.807) is 6.92 Å². The lowest BCUT2D eigenvalue weighted by Crippen LogP contribution is -2.33. The third-order valence-electron chi connectivity index (χ3n) is 1.99. The number of ether oxygens (including phenoxy) is 1. The van der Waals surface area contributed by atoms with Crippen molar-refractivity contribution in [1.29, 1.82) is 0 Å². The van der Waals surface area contributed by atoms with Gasteiger partial charge in [-0.3, -0.25) is 0 Å². The number of carbonyl (C=O) groups is 1. The molecule has 16 heavy (non-hydrogen) atoms. The highest BCUT2D eigenvalue weighted by molar-refractivity contribution is 6.56. The molecule has 0 atom stereocenters. The van der Waals surface area contributed by atoms with Crippen molar-refractivity contribution in [2.45, 2.75) is 38.7 Å². The summed E-state index contributed by atoms with van der Waals surface area (Å²) < 4.78 is 4.87. The second-order valence-electron chi connectivity index (χ2n) is 3.85. The van der Waals surface area contributed by atoms with Crippen molar-refractivity contribution >= 4 is 14.8 Å². The minimum absolute atomic E-state index is 0.0680. The van der Waals surface area contributed by atoms with Gasteiger partial charge < -0.3 is 19.1 Å². The van der Waals surface area contributed by atoms with E-state index in [1.807, 2.05) is 0 Å². The van der Waals surface area contributed by atoms with Crippen LogP contribution in [0.4, 0.5) is 0 Å². The largest absolute Gasteiger partial charge is 0.492 e. The molecule has 0 aliphatic heterocycles. The van der Waals surface area contributed by atoms with Crippen LogP contribution in [0.1, 0.15) is 32.6 Å². The highest BCUT2D eigenvalue weighted by Gasteiger charge is 2.25. The number of rotatable bonds is 8. The summed E-state index contributed by atoms with van der Waals surface area (Å²) in [5.41, 5.74) is 0.386. The van der Waals surface area contributed by atoms with E-state index < -0.39 is 8.80 Å². The van der Waals surface area contributed by atoms with Gasteiger partial charge in [0.05, 0.1) is 6.61 Å². The second-order valence-corrected chi connectivity index (χ2v) is 5.90. The maximum absolute atomic E-state index is 10.9. The Bertz CT molecular complexity index is 234. The van der Waals surface area contributed by atoms with Gasteiger partial charge in [0, 0.05) is 11.6 Å². The van der Waals surface area contributed by atoms with Crippen molar-refractivity contribution in [3.63, 3.8) is 0 Å². The molecule has 0 saturated heterocycles. The summed E-state index contributed by atoms with van der Waals surface area (Å²) in [5, 5.41) is 0. The molecule has 0 amide bonds. The molecule has 3 N–H and O–H groups in total. The Morgan fingerprint density at radius 3 is 2.25 bits per heavy atom. The van der Waals surface area contributed by atoms with Gasteiger partial charge in [0.1, 0.15) is 0 Å². The lowest BCUT2D eigenvalue weighted by molar-refractivity contribution is -0.139. The first kappa shape index (κ1) is 15.3. The summed E-state index contributed by atoms with van der Waals surface area (Å²) >= 11 is 0. The van der Waals surface area contributed by atoms with E-state index in [1.165, 1.54) is 0 Å². The van der Waals surface area contributed by atoms with Gasteiger partial charge in [-0.15, -0.1) is 0 Å². The Labute approximate surface area is 96.7 Å². The van der Waals surface area contributed by atoms with Crippen molar-refractivity contribution in [2.75, 3.05) is 6.61 Å². The normalized spacial score (nSPS) is 11.2. The van der Waals surface area contributed by atoms with Gasteiger partial charge in [-0.05, 0) is 19.8 Å². The van der Waals surface area contributed by atoms with Crippen LogP contribution in [-0.2, 0) is 9.53 Å². The van der Waals surface area contributed by atoms with Gasteiger partial charge in [-0.1, -0.05) is 19.4 Å². The third kappa shape index (κ3) is 9.85. The van der Waals surface area contributed by atoms with E-state index in [4.69, 9.17) is 19.1 Å². The highest BCUT2D eigenvalue weighted by atomic mass is 28.4. The van der Waals surface area contributed by atoms with Crippen LogP contribution >= 0.6 is 0 Å². The maximum atomic E-state index is 10.9. The molecule has 94 valence electrons. The van der Waals surface area contributed by atoms with Gasteiger partial charge in [0.15, 0.2) is 0 Å². The van der Waals surface area contributed by atoms with E-state index in [0.29, 0.717) is 18.6 Å². The number of hydrogen-bond acceptors (Lipinski definition) is 5. The quantitative estimate of drug-likeness (QED) is 0.253. The first-order valence-electron chi connectivity index (χ1n) is 5.32. The van der Waals surface area contributed by atoms with Crippen LogP contribution in [0, 0.1) is 0 Å². The molecule has 0 bridgehead atoms. The monoisotopic (exact) mass is 248 g/mol. The van der Waals surface area contributed by atoms with Crippen molar-refractivity contribution < 1.29 is 23.9 Å². The van der Waals surface area contributed by atoms with Gasteiger partial charge >= 0.3 is 14.8 Å². The summed E-state index contributed by atoms with van der Waals surface area (Å²) in [6.07, 6.45) is 2.91. The zero-order valence-electron chi connectivity index (χ0n) is 9.61.